The summed E-state index contributed by atoms with van der Waals surface area (Å²) in [5.74, 6) is -0.438. The molecule has 1 N–H and O–H groups in total. The molecule has 78 valence electrons. The van der Waals surface area contributed by atoms with E-state index in [0.717, 1.165) is 5.56 Å². The van der Waals surface area contributed by atoms with Crippen molar-refractivity contribution in [3.05, 3.63) is 57.0 Å². The monoisotopic (exact) mass is 242 g/mol. The minimum atomic E-state index is -0.815. The minimum Gasteiger partial charge on any atom is -0.384 e. The highest BCUT2D eigenvalue weighted by molar-refractivity contribution is 7.07. The van der Waals surface area contributed by atoms with Crippen molar-refractivity contribution < 1.29 is 9.50 Å². The van der Waals surface area contributed by atoms with Gasteiger partial charge in [0.2, 0.25) is 0 Å². The van der Waals surface area contributed by atoms with E-state index in [1.54, 1.807) is 12.1 Å². The SMILES string of the molecule is O[C@H](c1ccsc1)c1cc(F)cc(Cl)c1. The van der Waals surface area contributed by atoms with Gasteiger partial charge in [-0.2, -0.15) is 11.3 Å². The summed E-state index contributed by atoms with van der Waals surface area (Å²) in [5, 5.41) is 13.9. The Labute approximate surface area is 95.8 Å². The van der Waals surface area contributed by atoms with Crippen molar-refractivity contribution in [1.82, 2.24) is 0 Å². The van der Waals surface area contributed by atoms with Gasteiger partial charge >= 0.3 is 0 Å². The van der Waals surface area contributed by atoms with Gasteiger partial charge < -0.3 is 5.11 Å². The second-order valence-corrected chi connectivity index (χ2v) is 4.38. The zero-order valence-electron chi connectivity index (χ0n) is 7.65. The van der Waals surface area contributed by atoms with Crippen molar-refractivity contribution in [3.63, 3.8) is 0 Å². The molecule has 0 saturated heterocycles. The average Bonchev–Trinajstić information content (AvgIpc) is 2.67. The Morgan fingerprint density at radius 3 is 2.67 bits per heavy atom. The maximum atomic E-state index is 13.0. The molecule has 1 aromatic carbocycles. The molecular formula is C11H8ClFOS. The summed E-state index contributed by atoms with van der Waals surface area (Å²) in [6.07, 6.45) is -0.815. The summed E-state index contributed by atoms with van der Waals surface area (Å²) < 4.78 is 13.0. The van der Waals surface area contributed by atoms with Crippen LogP contribution in [-0.2, 0) is 0 Å². The summed E-state index contributed by atoms with van der Waals surface area (Å²) in [6.45, 7) is 0. The van der Waals surface area contributed by atoms with Crippen LogP contribution in [0.4, 0.5) is 4.39 Å². The van der Waals surface area contributed by atoms with Crippen LogP contribution in [0.15, 0.2) is 35.0 Å². The van der Waals surface area contributed by atoms with E-state index in [4.69, 9.17) is 11.6 Å². The number of benzene rings is 1. The van der Waals surface area contributed by atoms with E-state index in [2.05, 4.69) is 0 Å². The van der Waals surface area contributed by atoms with Gasteiger partial charge in [0, 0.05) is 5.02 Å². The second kappa shape index (κ2) is 4.31. The number of hydrogen-bond donors (Lipinski definition) is 1. The molecule has 2 rings (SSSR count). The Balaban J connectivity index is 2.37. The number of hydrogen-bond acceptors (Lipinski definition) is 2. The first-order chi connectivity index (χ1) is 7.16. The Morgan fingerprint density at radius 1 is 1.27 bits per heavy atom. The van der Waals surface area contributed by atoms with Crippen LogP contribution in [-0.4, -0.2) is 5.11 Å². The van der Waals surface area contributed by atoms with Crippen LogP contribution in [0, 0.1) is 5.82 Å². The summed E-state index contributed by atoms with van der Waals surface area (Å²) in [4.78, 5) is 0. The summed E-state index contributed by atoms with van der Waals surface area (Å²) in [5.41, 5.74) is 1.22. The van der Waals surface area contributed by atoms with Gasteiger partial charge in [-0.05, 0) is 46.2 Å². The average molecular weight is 243 g/mol. The summed E-state index contributed by atoms with van der Waals surface area (Å²) in [7, 11) is 0. The van der Waals surface area contributed by atoms with Crippen LogP contribution >= 0.6 is 22.9 Å². The molecule has 0 aliphatic rings. The van der Waals surface area contributed by atoms with Crippen LogP contribution in [0.1, 0.15) is 17.2 Å². The highest BCUT2D eigenvalue weighted by Crippen LogP contribution is 2.26. The molecule has 0 amide bonds. The summed E-state index contributed by atoms with van der Waals surface area (Å²) >= 11 is 7.19. The molecule has 0 radical (unpaired) electrons. The van der Waals surface area contributed by atoms with Crippen LogP contribution in [0.3, 0.4) is 0 Å². The van der Waals surface area contributed by atoms with Gasteiger partial charge in [-0.15, -0.1) is 0 Å². The third-order valence-corrected chi connectivity index (χ3v) is 2.98. The predicted molar refractivity (Wildman–Crippen MR) is 59.8 cm³/mol. The lowest BCUT2D eigenvalue weighted by molar-refractivity contribution is 0.220. The molecule has 0 bridgehead atoms. The zero-order valence-corrected chi connectivity index (χ0v) is 9.23. The largest absolute Gasteiger partial charge is 0.384 e. The lowest BCUT2D eigenvalue weighted by Crippen LogP contribution is -1.98. The van der Waals surface area contributed by atoms with Crippen molar-refractivity contribution in [2.45, 2.75) is 6.10 Å². The van der Waals surface area contributed by atoms with Crippen LogP contribution in [0.25, 0.3) is 0 Å². The van der Waals surface area contributed by atoms with Gasteiger partial charge in [-0.3, -0.25) is 0 Å². The van der Waals surface area contributed by atoms with Crippen molar-refractivity contribution in [2.24, 2.45) is 0 Å². The van der Waals surface area contributed by atoms with E-state index in [1.807, 2.05) is 10.8 Å². The molecule has 0 aliphatic carbocycles. The van der Waals surface area contributed by atoms with E-state index in [1.165, 1.54) is 23.5 Å². The van der Waals surface area contributed by atoms with E-state index in [0.29, 0.717) is 10.6 Å². The second-order valence-electron chi connectivity index (χ2n) is 3.16. The first kappa shape index (κ1) is 10.6. The normalized spacial score (nSPS) is 12.7. The lowest BCUT2D eigenvalue weighted by Gasteiger charge is -2.09. The van der Waals surface area contributed by atoms with Crippen molar-refractivity contribution >= 4 is 22.9 Å². The highest BCUT2D eigenvalue weighted by atomic mass is 35.5. The number of aliphatic hydroxyl groups is 1. The van der Waals surface area contributed by atoms with Crippen molar-refractivity contribution in [2.75, 3.05) is 0 Å². The van der Waals surface area contributed by atoms with Gasteiger partial charge in [0.05, 0.1) is 0 Å². The van der Waals surface area contributed by atoms with Gasteiger partial charge in [0.1, 0.15) is 11.9 Å². The molecule has 2 aromatic rings. The quantitative estimate of drug-likeness (QED) is 0.853. The smallest absolute Gasteiger partial charge is 0.125 e. The molecule has 0 saturated carbocycles. The number of thiophene rings is 1. The molecular weight excluding hydrogens is 235 g/mol. The third kappa shape index (κ3) is 2.37. The molecule has 0 fully saturated rings. The minimum absolute atomic E-state index is 0.291. The molecule has 15 heavy (non-hydrogen) atoms. The molecule has 0 spiro atoms. The van der Waals surface area contributed by atoms with Crippen molar-refractivity contribution in [3.8, 4) is 0 Å². The summed E-state index contributed by atoms with van der Waals surface area (Å²) in [6, 6.07) is 5.86. The van der Waals surface area contributed by atoms with Gasteiger partial charge in [0.15, 0.2) is 0 Å². The number of halogens is 2. The lowest BCUT2D eigenvalue weighted by atomic mass is 10.0. The van der Waals surface area contributed by atoms with E-state index in [9.17, 15) is 9.50 Å². The van der Waals surface area contributed by atoms with Gasteiger partial charge in [0.25, 0.3) is 0 Å². The molecule has 0 unspecified atom stereocenters. The van der Waals surface area contributed by atoms with Crippen LogP contribution in [0.2, 0.25) is 5.02 Å². The van der Waals surface area contributed by atoms with Crippen LogP contribution in [0.5, 0.6) is 0 Å². The third-order valence-electron chi connectivity index (χ3n) is 2.06. The maximum absolute atomic E-state index is 13.0. The maximum Gasteiger partial charge on any atom is 0.125 e. The zero-order chi connectivity index (χ0) is 10.8. The first-order valence-electron chi connectivity index (χ1n) is 4.33. The Kier molecular flexibility index (Phi) is 3.05. The van der Waals surface area contributed by atoms with E-state index in [-0.39, 0.29) is 0 Å². The van der Waals surface area contributed by atoms with Crippen molar-refractivity contribution in [1.29, 1.82) is 0 Å². The number of rotatable bonds is 2. The topological polar surface area (TPSA) is 20.2 Å². The van der Waals surface area contributed by atoms with E-state index >= 15 is 0 Å². The molecule has 1 heterocycles. The molecule has 1 atom stereocenters. The Bertz CT molecular complexity index is 435. The van der Waals surface area contributed by atoms with Gasteiger partial charge in [-0.1, -0.05) is 11.6 Å². The Morgan fingerprint density at radius 2 is 2.07 bits per heavy atom. The molecule has 4 heteroatoms. The van der Waals surface area contributed by atoms with E-state index < -0.39 is 11.9 Å². The molecule has 0 aliphatic heterocycles. The molecule has 1 nitrogen and oxygen atoms in total. The highest BCUT2D eigenvalue weighted by Gasteiger charge is 2.12. The number of aliphatic hydroxyl groups excluding tert-OH is 1. The van der Waals surface area contributed by atoms with Gasteiger partial charge in [-0.25, -0.2) is 4.39 Å². The fraction of sp³-hybridized carbons (Fsp3) is 0.0909. The first-order valence-corrected chi connectivity index (χ1v) is 5.65. The fourth-order valence-electron chi connectivity index (χ4n) is 1.36. The predicted octanol–water partition coefficient (Wildman–Crippen LogP) is 3.62. The molecule has 1 aromatic heterocycles. The van der Waals surface area contributed by atoms with Crippen LogP contribution < -0.4 is 0 Å². The fourth-order valence-corrected chi connectivity index (χ4v) is 2.27. The standard InChI is InChI=1S/C11H8ClFOS/c12-9-3-8(4-10(13)5-9)11(14)7-1-2-15-6-7/h1-6,11,14H/t11-/m1/s1. The Hall–Kier alpha value is -0.900.